The fourth-order valence-corrected chi connectivity index (χ4v) is 16.3. The molecule has 0 bridgehead atoms. The van der Waals surface area contributed by atoms with E-state index in [1.165, 1.54) is 54.1 Å². The van der Waals surface area contributed by atoms with Gasteiger partial charge in [-0.1, -0.05) is 243 Å². The van der Waals surface area contributed by atoms with Gasteiger partial charge in [0.05, 0.1) is 22.4 Å². The van der Waals surface area contributed by atoms with Gasteiger partial charge >= 0.3 is 0 Å². The third-order valence-corrected chi connectivity index (χ3v) is 19.7. The van der Waals surface area contributed by atoms with Crippen LogP contribution in [0.4, 0.5) is 0 Å². The molecule has 5 heteroatoms. The molecule has 0 aliphatic rings. The summed E-state index contributed by atoms with van der Waals surface area (Å²) in [7, 11) is -3.28. The van der Waals surface area contributed by atoms with E-state index in [2.05, 4.69) is 278 Å². The molecular formula is C70H47N3OSi. The number of rotatable bonds is 10. The van der Waals surface area contributed by atoms with E-state index in [-0.39, 0.29) is 0 Å². The summed E-state index contributed by atoms with van der Waals surface area (Å²) in [6.45, 7) is 0. The molecule has 14 rings (SSSR count). The highest BCUT2D eigenvalue weighted by molar-refractivity contribution is 7.20. The molecule has 352 valence electrons. The van der Waals surface area contributed by atoms with Crippen LogP contribution in [0.1, 0.15) is 0 Å². The van der Waals surface area contributed by atoms with Crippen LogP contribution in [-0.2, 0) is 0 Å². The zero-order valence-corrected chi connectivity index (χ0v) is 41.9. The topological polar surface area (TPSA) is 43.9 Å². The number of hydrogen-bond donors (Lipinski definition) is 0. The van der Waals surface area contributed by atoms with Gasteiger partial charge in [0.15, 0.2) is 8.07 Å². The normalized spacial score (nSPS) is 11.7. The Morgan fingerprint density at radius 3 is 1.13 bits per heavy atom. The number of benzene rings is 11. The Hall–Kier alpha value is -9.68. The van der Waals surface area contributed by atoms with Gasteiger partial charge in [-0.2, -0.15) is 0 Å². The van der Waals surface area contributed by atoms with Crippen molar-refractivity contribution in [3.8, 4) is 61.8 Å². The maximum Gasteiger partial charge on any atom is 0.235 e. The first-order chi connectivity index (χ1) is 37.2. The minimum atomic E-state index is -3.28. The lowest BCUT2D eigenvalue weighted by Crippen LogP contribution is -2.74. The third-order valence-electron chi connectivity index (χ3n) is 15.0. The molecule has 0 aliphatic heterocycles. The van der Waals surface area contributed by atoms with Crippen LogP contribution in [-0.4, -0.2) is 22.6 Å². The maximum atomic E-state index is 6.33. The molecule has 4 nitrogen and oxygen atoms in total. The lowest BCUT2D eigenvalue weighted by Gasteiger charge is -2.35. The highest BCUT2D eigenvalue weighted by atomic mass is 28.3. The summed E-state index contributed by atoms with van der Waals surface area (Å²) in [6.07, 6.45) is 0. The van der Waals surface area contributed by atoms with Crippen LogP contribution in [0.5, 0.6) is 0 Å². The van der Waals surface area contributed by atoms with Crippen molar-refractivity contribution in [2.45, 2.75) is 0 Å². The second-order valence-electron chi connectivity index (χ2n) is 19.3. The van der Waals surface area contributed by atoms with Crippen LogP contribution in [0.3, 0.4) is 0 Å². The van der Waals surface area contributed by atoms with Crippen molar-refractivity contribution < 1.29 is 4.42 Å². The molecule has 0 unspecified atom stereocenters. The Morgan fingerprint density at radius 1 is 0.267 bits per heavy atom. The number of nitrogens with zero attached hydrogens (tertiary/aromatic N) is 3. The summed E-state index contributed by atoms with van der Waals surface area (Å²) in [4.78, 5) is 11.1. The largest absolute Gasteiger partial charge is 0.456 e. The van der Waals surface area contributed by atoms with Crippen molar-refractivity contribution in [1.82, 2.24) is 14.5 Å². The van der Waals surface area contributed by atoms with Crippen LogP contribution in [0, 0.1) is 0 Å². The SMILES string of the molecule is c1ccc(-c2cccc([Si](c3cccc(-c4ccccc4)c3)(c3cccc(-c4ccccc4)c3)c3cccc(-c4cc(-c5ccc6oc7ccccc7c6c5)nc(-n5c6ccccc6c6ccccc65)n4)c3)c2)cc1. The molecule has 0 N–H and O–H groups in total. The number of aromatic nitrogens is 3. The molecule has 0 aliphatic carbocycles. The van der Waals surface area contributed by atoms with E-state index in [1.54, 1.807) is 0 Å². The zero-order valence-electron chi connectivity index (χ0n) is 40.9. The van der Waals surface area contributed by atoms with Crippen LogP contribution in [0.15, 0.2) is 290 Å². The van der Waals surface area contributed by atoms with Gasteiger partial charge in [-0.25, -0.2) is 9.97 Å². The lowest BCUT2D eigenvalue weighted by molar-refractivity contribution is 0.669. The first-order valence-electron chi connectivity index (χ1n) is 25.5. The first kappa shape index (κ1) is 44.1. The Balaban J connectivity index is 1.05. The second kappa shape index (κ2) is 18.4. The average molecular weight is 974 g/mol. The number of hydrogen-bond acceptors (Lipinski definition) is 3. The minimum Gasteiger partial charge on any atom is -0.456 e. The van der Waals surface area contributed by atoms with Crippen LogP contribution >= 0.6 is 0 Å². The minimum absolute atomic E-state index is 0.604. The van der Waals surface area contributed by atoms with Crippen molar-refractivity contribution in [3.05, 3.63) is 285 Å². The predicted molar refractivity (Wildman–Crippen MR) is 314 cm³/mol. The smallest absolute Gasteiger partial charge is 0.235 e. The fourth-order valence-electron chi connectivity index (χ4n) is 11.5. The number of para-hydroxylation sites is 3. The van der Waals surface area contributed by atoms with E-state index >= 15 is 0 Å². The Bertz CT molecular complexity index is 4170. The highest BCUT2D eigenvalue weighted by Crippen LogP contribution is 2.36. The molecule has 3 aromatic heterocycles. The summed E-state index contributed by atoms with van der Waals surface area (Å²) < 4.78 is 8.56. The zero-order chi connectivity index (χ0) is 49.7. The van der Waals surface area contributed by atoms with E-state index in [0.717, 1.165) is 66.3 Å². The molecule has 0 fully saturated rings. The van der Waals surface area contributed by atoms with Gasteiger partial charge in [0.1, 0.15) is 11.2 Å². The first-order valence-corrected chi connectivity index (χ1v) is 27.5. The van der Waals surface area contributed by atoms with Gasteiger partial charge in [0, 0.05) is 32.7 Å². The standard InChI is InChI=1S/C70H47N3OSi/c1-4-20-48(21-5-1)51-26-16-30-56(42-51)75(57-31-17-27-52(43-57)49-22-6-2-7-23-49,58-32-18-28-53(44-58)50-24-8-3-9-25-50)59-33-19-29-54(45-59)64-47-65(55-40-41-69-63(46-55)62-36-12-15-39-68(62)74-69)72-70(71-64)73-66-37-13-10-34-60(66)61-35-11-14-38-67(61)73/h1-47H. The van der Waals surface area contributed by atoms with Crippen LogP contribution < -0.4 is 20.7 Å². The molecule has 0 saturated heterocycles. The van der Waals surface area contributed by atoms with Gasteiger partial charge in [-0.05, 0) is 96.6 Å². The molecule has 0 spiro atoms. The maximum absolute atomic E-state index is 6.33. The molecule has 14 aromatic rings. The summed E-state index contributed by atoms with van der Waals surface area (Å²) >= 11 is 0. The Labute approximate surface area is 436 Å². The van der Waals surface area contributed by atoms with Crippen molar-refractivity contribution in [2.75, 3.05) is 0 Å². The second-order valence-corrected chi connectivity index (χ2v) is 23.1. The van der Waals surface area contributed by atoms with E-state index in [1.807, 2.05) is 12.1 Å². The summed E-state index contributed by atoms with van der Waals surface area (Å²) in [5.74, 6) is 0.604. The molecular weight excluding hydrogens is 927 g/mol. The van der Waals surface area contributed by atoms with Crippen LogP contribution in [0.25, 0.3) is 106 Å². The molecule has 0 radical (unpaired) electrons. The average Bonchev–Trinajstić information content (AvgIpc) is 4.05. The van der Waals surface area contributed by atoms with Crippen LogP contribution in [0.2, 0.25) is 0 Å². The third kappa shape index (κ3) is 7.68. The number of furan rings is 1. The Kier molecular flexibility index (Phi) is 10.8. The van der Waals surface area contributed by atoms with E-state index in [0.29, 0.717) is 5.95 Å². The molecule has 0 atom stereocenters. The van der Waals surface area contributed by atoms with Gasteiger partial charge in [-0.15, -0.1) is 0 Å². The molecule has 11 aromatic carbocycles. The molecule has 75 heavy (non-hydrogen) atoms. The summed E-state index contributed by atoms with van der Waals surface area (Å²) in [6, 6.07) is 103. The van der Waals surface area contributed by atoms with Crippen molar-refractivity contribution in [1.29, 1.82) is 0 Å². The van der Waals surface area contributed by atoms with Gasteiger partial charge in [0.25, 0.3) is 0 Å². The van der Waals surface area contributed by atoms with E-state index in [9.17, 15) is 0 Å². The number of fused-ring (bicyclic) bond motifs is 6. The molecule has 3 heterocycles. The van der Waals surface area contributed by atoms with Gasteiger partial charge in [-0.3, -0.25) is 4.57 Å². The van der Waals surface area contributed by atoms with E-state index < -0.39 is 8.07 Å². The highest BCUT2D eigenvalue weighted by Gasteiger charge is 2.42. The lowest BCUT2D eigenvalue weighted by atomic mass is 10.0. The van der Waals surface area contributed by atoms with Gasteiger partial charge in [0.2, 0.25) is 5.95 Å². The summed E-state index contributed by atoms with van der Waals surface area (Å²) in [5, 5.41) is 9.52. The van der Waals surface area contributed by atoms with Crippen molar-refractivity contribution >= 4 is 72.6 Å². The molecule has 0 saturated carbocycles. The Morgan fingerprint density at radius 2 is 0.640 bits per heavy atom. The fraction of sp³-hybridized carbons (Fsp3) is 0. The quantitative estimate of drug-likeness (QED) is 0.101. The van der Waals surface area contributed by atoms with Crippen molar-refractivity contribution in [2.24, 2.45) is 0 Å². The van der Waals surface area contributed by atoms with Crippen molar-refractivity contribution in [3.63, 3.8) is 0 Å². The summed E-state index contributed by atoms with van der Waals surface area (Å²) in [5.41, 5.74) is 14.5. The monoisotopic (exact) mass is 973 g/mol. The van der Waals surface area contributed by atoms with E-state index in [4.69, 9.17) is 14.4 Å². The predicted octanol–water partition coefficient (Wildman–Crippen LogP) is 15.2. The van der Waals surface area contributed by atoms with Gasteiger partial charge < -0.3 is 4.42 Å². The molecule has 0 amide bonds.